The summed E-state index contributed by atoms with van der Waals surface area (Å²) >= 11 is 6.03. The lowest BCUT2D eigenvalue weighted by molar-refractivity contribution is -0.132. The predicted molar refractivity (Wildman–Crippen MR) is 102 cm³/mol. The standard InChI is InChI=1S/C20H21ClN2O4/c1-13(22-19(24)15-5-3-4-6-16(15)21)20(25)23(2)12-14-7-8-17-18(11-14)27-10-9-26-17/h3-8,11,13H,9-10,12H2,1-2H3,(H,22,24). The molecule has 6 nitrogen and oxygen atoms in total. The van der Waals surface area contributed by atoms with Crippen LogP contribution < -0.4 is 14.8 Å². The van der Waals surface area contributed by atoms with E-state index in [1.54, 1.807) is 43.1 Å². The second kappa shape index (κ2) is 8.31. The molecule has 1 heterocycles. The second-order valence-corrected chi connectivity index (χ2v) is 6.75. The van der Waals surface area contributed by atoms with Crippen LogP contribution in [0.4, 0.5) is 0 Å². The number of nitrogens with zero attached hydrogens (tertiary/aromatic N) is 1. The number of carbonyl (C=O) groups excluding carboxylic acids is 2. The Morgan fingerprint density at radius 3 is 2.59 bits per heavy atom. The monoisotopic (exact) mass is 388 g/mol. The number of rotatable bonds is 5. The van der Waals surface area contributed by atoms with Crippen LogP contribution in [0.2, 0.25) is 5.02 Å². The van der Waals surface area contributed by atoms with Gasteiger partial charge in [0.2, 0.25) is 5.91 Å². The van der Waals surface area contributed by atoms with Crippen molar-refractivity contribution in [3.63, 3.8) is 0 Å². The van der Waals surface area contributed by atoms with Crippen LogP contribution in [-0.4, -0.2) is 43.0 Å². The molecule has 2 amide bonds. The van der Waals surface area contributed by atoms with Gasteiger partial charge in [-0.1, -0.05) is 29.8 Å². The SMILES string of the molecule is CC(NC(=O)c1ccccc1Cl)C(=O)N(C)Cc1ccc2c(c1)OCCO2. The second-order valence-electron chi connectivity index (χ2n) is 6.35. The number of benzene rings is 2. The summed E-state index contributed by atoms with van der Waals surface area (Å²) in [5.41, 5.74) is 1.26. The third-order valence-corrected chi connectivity index (χ3v) is 4.57. The van der Waals surface area contributed by atoms with E-state index in [1.807, 2.05) is 18.2 Å². The molecule has 1 atom stereocenters. The molecular formula is C20H21ClN2O4. The summed E-state index contributed by atoms with van der Waals surface area (Å²) in [7, 11) is 1.69. The summed E-state index contributed by atoms with van der Waals surface area (Å²) in [6.45, 7) is 3.09. The van der Waals surface area contributed by atoms with Crippen molar-refractivity contribution in [1.29, 1.82) is 0 Å². The van der Waals surface area contributed by atoms with E-state index in [0.29, 0.717) is 41.8 Å². The van der Waals surface area contributed by atoms with Gasteiger partial charge in [-0.2, -0.15) is 0 Å². The molecular weight excluding hydrogens is 368 g/mol. The Labute approximate surface area is 163 Å². The molecule has 7 heteroatoms. The molecule has 1 unspecified atom stereocenters. The minimum absolute atomic E-state index is 0.203. The smallest absolute Gasteiger partial charge is 0.253 e. The minimum atomic E-state index is -0.684. The highest BCUT2D eigenvalue weighted by atomic mass is 35.5. The third-order valence-electron chi connectivity index (χ3n) is 4.24. The molecule has 27 heavy (non-hydrogen) atoms. The van der Waals surface area contributed by atoms with Crippen LogP contribution in [0.15, 0.2) is 42.5 Å². The predicted octanol–water partition coefficient (Wildman–Crippen LogP) is 2.89. The number of hydrogen-bond acceptors (Lipinski definition) is 4. The Morgan fingerprint density at radius 2 is 1.85 bits per heavy atom. The van der Waals surface area contributed by atoms with Crippen molar-refractivity contribution in [2.75, 3.05) is 20.3 Å². The molecule has 0 aromatic heterocycles. The fourth-order valence-corrected chi connectivity index (χ4v) is 3.07. The Hall–Kier alpha value is -2.73. The summed E-state index contributed by atoms with van der Waals surface area (Å²) in [6.07, 6.45) is 0. The summed E-state index contributed by atoms with van der Waals surface area (Å²) in [5, 5.41) is 3.04. The number of hydrogen-bond donors (Lipinski definition) is 1. The van der Waals surface area contributed by atoms with Crippen molar-refractivity contribution >= 4 is 23.4 Å². The van der Waals surface area contributed by atoms with Gasteiger partial charge < -0.3 is 19.7 Å². The van der Waals surface area contributed by atoms with Gasteiger partial charge in [-0.3, -0.25) is 9.59 Å². The first-order valence-corrected chi connectivity index (χ1v) is 9.02. The van der Waals surface area contributed by atoms with Crippen molar-refractivity contribution in [3.8, 4) is 11.5 Å². The number of likely N-dealkylation sites (N-methyl/N-ethyl adjacent to an activating group) is 1. The van der Waals surface area contributed by atoms with E-state index >= 15 is 0 Å². The van der Waals surface area contributed by atoms with Gasteiger partial charge >= 0.3 is 0 Å². The molecule has 0 aliphatic carbocycles. The Balaban J connectivity index is 1.61. The maximum atomic E-state index is 12.6. The summed E-state index contributed by atoms with van der Waals surface area (Å²) in [5.74, 6) is 0.804. The summed E-state index contributed by atoms with van der Waals surface area (Å²) < 4.78 is 11.1. The van der Waals surface area contributed by atoms with Crippen molar-refractivity contribution in [3.05, 3.63) is 58.6 Å². The van der Waals surface area contributed by atoms with E-state index in [0.717, 1.165) is 5.56 Å². The number of ether oxygens (including phenoxy) is 2. The van der Waals surface area contributed by atoms with E-state index < -0.39 is 6.04 Å². The number of fused-ring (bicyclic) bond motifs is 1. The van der Waals surface area contributed by atoms with Crippen LogP contribution in [0.1, 0.15) is 22.8 Å². The number of halogens is 1. The van der Waals surface area contributed by atoms with Crippen molar-refractivity contribution in [1.82, 2.24) is 10.2 Å². The zero-order valence-corrected chi connectivity index (χ0v) is 16.0. The van der Waals surface area contributed by atoms with Gasteiger partial charge in [-0.05, 0) is 36.8 Å². The highest BCUT2D eigenvalue weighted by Gasteiger charge is 2.22. The molecule has 0 fully saturated rings. The average Bonchev–Trinajstić information content (AvgIpc) is 2.67. The lowest BCUT2D eigenvalue weighted by atomic mass is 10.1. The van der Waals surface area contributed by atoms with E-state index in [4.69, 9.17) is 21.1 Å². The van der Waals surface area contributed by atoms with E-state index in [2.05, 4.69) is 5.32 Å². The lowest BCUT2D eigenvalue weighted by Crippen LogP contribution is -2.45. The van der Waals surface area contributed by atoms with E-state index in [9.17, 15) is 9.59 Å². The van der Waals surface area contributed by atoms with Crippen LogP contribution in [0, 0.1) is 0 Å². The van der Waals surface area contributed by atoms with Gasteiger partial charge in [0.05, 0.1) is 10.6 Å². The first-order chi connectivity index (χ1) is 13.0. The van der Waals surface area contributed by atoms with Crippen molar-refractivity contribution < 1.29 is 19.1 Å². The van der Waals surface area contributed by atoms with E-state index in [-0.39, 0.29) is 11.8 Å². The molecule has 1 aliphatic heterocycles. The maximum Gasteiger partial charge on any atom is 0.253 e. The Bertz CT molecular complexity index is 856. The molecule has 2 aromatic rings. The molecule has 0 radical (unpaired) electrons. The first-order valence-electron chi connectivity index (χ1n) is 8.64. The molecule has 1 aliphatic rings. The third kappa shape index (κ3) is 4.52. The normalized spacial score (nSPS) is 13.6. The largest absolute Gasteiger partial charge is 0.486 e. The van der Waals surface area contributed by atoms with Crippen molar-refractivity contribution in [2.24, 2.45) is 0 Å². The molecule has 0 saturated carbocycles. The number of carbonyl (C=O) groups is 2. The van der Waals surface area contributed by atoms with Gasteiger partial charge in [-0.15, -0.1) is 0 Å². The first kappa shape index (κ1) is 19.0. The van der Waals surface area contributed by atoms with Crippen molar-refractivity contribution in [2.45, 2.75) is 19.5 Å². The molecule has 3 rings (SSSR count). The molecule has 1 N–H and O–H groups in total. The zero-order valence-electron chi connectivity index (χ0n) is 15.2. The fourth-order valence-electron chi connectivity index (χ4n) is 2.85. The van der Waals surface area contributed by atoms with Crippen LogP contribution in [0.5, 0.6) is 11.5 Å². The fraction of sp³-hybridized carbons (Fsp3) is 0.300. The lowest BCUT2D eigenvalue weighted by Gasteiger charge is -2.24. The summed E-state index contributed by atoms with van der Waals surface area (Å²) in [4.78, 5) is 26.5. The van der Waals surface area contributed by atoms with Crippen LogP contribution in [0.3, 0.4) is 0 Å². The Kier molecular flexibility index (Phi) is 5.86. The van der Waals surface area contributed by atoms with Gasteiger partial charge in [0.25, 0.3) is 5.91 Å². The van der Waals surface area contributed by atoms with Crippen LogP contribution >= 0.6 is 11.6 Å². The van der Waals surface area contributed by atoms with Gasteiger partial charge in [0.1, 0.15) is 19.3 Å². The van der Waals surface area contributed by atoms with Gasteiger partial charge in [0, 0.05) is 13.6 Å². The number of amides is 2. The van der Waals surface area contributed by atoms with Gasteiger partial charge in [0.15, 0.2) is 11.5 Å². The quantitative estimate of drug-likeness (QED) is 0.855. The highest BCUT2D eigenvalue weighted by Crippen LogP contribution is 2.31. The molecule has 2 aromatic carbocycles. The van der Waals surface area contributed by atoms with E-state index in [1.165, 1.54) is 0 Å². The van der Waals surface area contributed by atoms with Crippen LogP contribution in [-0.2, 0) is 11.3 Å². The topological polar surface area (TPSA) is 67.9 Å². The van der Waals surface area contributed by atoms with Gasteiger partial charge in [-0.25, -0.2) is 0 Å². The average molecular weight is 389 g/mol. The molecule has 0 bridgehead atoms. The maximum absolute atomic E-state index is 12.6. The van der Waals surface area contributed by atoms with Crippen LogP contribution in [0.25, 0.3) is 0 Å². The molecule has 142 valence electrons. The number of nitrogens with one attached hydrogen (secondary N) is 1. The molecule has 0 saturated heterocycles. The zero-order chi connectivity index (χ0) is 19.4. The Morgan fingerprint density at radius 1 is 1.15 bits per heavy atom. The summed E-state index contributed by atoms with van der Waals surface area (Å²) in [6, 6.07) is 11.6. The highest BCUT2D eigenvalue weighted by molar-refractivity contribution is 6.33. The molecule has 0 spiro atoms. The minimum Gasteiger partial charge on any atom is -0.486 e.